The van der Waals surface area contributed by atoms with Crippen LogP contribution in [0.2, 0.25) is 0 Å². The summed E-state index contributed by atoms with van der Waals surface area (Å²) < 4.78 is 0. The van der Waals surface area contributed by atoms with Crippen LogP contribution in [0.15, 0.2) is 30.3 Å². The molecule has 2 fully saturated rings. The van der Waals surface area contributed by atoms with E-state index in [2.05, 4.69) is 10.2 Å². The Morgan fingerprint density at radius 1 is 1.25 bits per heavy atom. The first kappa shape index (κ1) is 13.6. The average Bonchev–Trinajstić information content (AvgIpc) is 3.00. The summed E-state index contributed by atoms with van der Waals surface area (Å²) in [4.78, 5) is 14.3. The topological polar surface area (TPSA) is 58.4 Å². The van der Waals surface area contributed by atoms with Gasteiger partial charge in [-0.15, -0.1) is 0 Å². The molecule has 108 valence electrons. The van der Waals surface area contributed by atoms with Crippen molar-refractivity contribution < 1.29 is 4.79 Å². The van der Waals surface area contributed by atoms with Gasteiger partial charge in [0.05, 0.1) is 0 Å². The van der Waals surface area contributed by atoms with Crippen molar-refractivity contribution in [3.63, 3.8) is 0 Å². The number of anilines is 1. The Balaban J connectivity index is 1.43. The molecule has 0 spiro atoms. The molecule has 1 amide bonds. The van der Waals surface area contributed by atoms with Crippen LogP contribution in [0.25, 0.3) is 0 Å². The highest BCUT2D eigenvalue weighted by Gasteiger charge is 2.40. The third kappa shape index (κ3) is 3.02. The Hall–Kier alpha value is -1.39. The van der Waals surface area contributed by atoms with Crippen LogP contribution >= 0.6 is 0 Å². The van der Waals surface area contributed by atoms with Crippen molar-refractivity contribution in [2.45, 2.75) is 25.3 Å². The Kier molecular flexibility index (Phi) is 4.03. The summed E-state index contributed by atoms with van der Waals surface area (Å²) >= 11 is 0. The van der Waals surface area contributed by atoms with Crippen LogP contribution in [0.1, 0.15) is 19.3 Å². The third-order valence-corrected chi connectivity index (χ3v) is 4.70. The zero-order chi connectivity index (χ0) is 13.9. The summed E-state index contributed by atoms with van der Waals surface area (Å²) in [5.74, 6) is 1.52. The predicted octanol–water partition coefficient (Wildman–Crippen LogP) is 1.68. The van der Waals surface area contributed by atoms with Crippen molar-refractivity contribution in [3.05, 3.63) is 30.3 Å². The number of nitrogens with two attached hydrogens (primary N) is 1. The van der Waals surface area contributed by atoms with Crippen LogP contribution in [0.5, 0.6) is 0 Å². The lowest BCUT2D eigenvalue weighted by Gasteiger charge is -2.18. The number of hydrogen-bond donors (Lipinski definition) is 2. The minimum absolute atomic E-state index is 0.0950. The Morgan fingerprint density at radius 2 is 2.05 bits per heavy atom. The SMILES string of the molecule is N[C@@H]1CC[C@@H]2CN(CCC(=O)Nc3ccccc3)C[C@H]21. The van der Waals surface area contributed by atoms with Crippen molar-refractivity contribution in [1.82, 2.24) is 4.90 Å². The van der Waals surface area contributed by atoms with Crippen LogP contribution in [0.4, 0.5) is 5.69 Å². The highest BCUT2D eigenvalue weighted by Crippen LogP contribution is 2.36. The van der Waals surface area contributed by atoms with E-state index in [1.54, 1.807) is 0 Å². The number of nitrogens with one attached hydrogen (secondary N) is 1. The van der Waals surface area contributed by atoms with Gasteiger partial charge < -0.3 is 16.0 Å². The van der Waals surface area contributed by atoms with E-state index in [0.29, 0.717) is 18.4 Å². The van der Waals surface area contributed by atoms with Gasteiger partial charge in [-0.3, -0.25) is 4.79 Å². The summed E-state index contributed by atoms with van der Waals surface area (Å²) in [6.45, 7) is 3.04. The van der Waals surface area contributed by atoms with E-state index in [9.17, 15) is 4.79 Å². The highest BCUT2D eigenvalue weighted by molar-refractivity contribution is 5.90. The van der Waals surface area contributed by atoms with E-state index >= 15 is 0 Å². The molecule has 0 radical (unpaired) electrons. The Bertz CT molecular complexity index is 462. The van der Waals surface area contributed by atoms with Gasteiger partial charge in [-0.1, -0.05) is 18.2 Å². The lowest BCUT2D eigenvalue weighted by atomic mass is 9.98. The standard InChI is InChI=1S/C16H23N3O/c17-15-7-6-12-10-19(11-14(12)15)9-8-16(20)18-13-4-2-1-3-5-13/h1-5,12,14-15H,6-11,17H2,(H,18,20)/t12-,14-,15-/m1/s1. The number of carbonyl (C=O) groups excluding carboxylic acids is 1. The molecule has 0 aromatic heterocycles. The molecule has 2 aliphatic rings. The molecule has 4 heteroatoms. The lowest BCUT2D eigenvalue weighted by molar-refractivity contribution is -0.116. The number of hydrogen-bond acceptors (Lipinski definition) is 3. The summed E-state index contributed by atoms with van der Waals surface area (Å²) in [5, 5.41) is 2.93. The maximum Gasteiger partial charge on any atom is 0.225 e. The average molecular weight is 273 g/mol. The van der Waals surface area contributed by atoms with Crippen LogP contribution in [0.3, 0.4) is 0 Å². The normalized spacial score (nSPS) is 29.4. The molecule has 1 aromatic carbocycles. The smallest absolute Gasteiger partial charge is 0.225 e. The van der Waals surface area contributed by atoms with E-state index in [1.807, 2.05) is 30.3 Å². The molecular formula is C16H23N3O. The second-order valence-electron chi connectivity index (χ2n) is 6.09. The van der Waals surface area contributed by atoms with E-state index in [-0.39, 0.29) is 5.91 Å². The summed E-state index contributed by atoms with van der Waals surface area (Å²) in [6.07, 6.45) is 3.00. The monoisotopic (exact) mass is 273 g/mol. The van der Waals surface area contributed by atoms with Gasteiger partial charge in [-0.05, 0) is 36.8 Å². The number of benzene rings is 1. The van der Waals surface area contributed by atoms with Crippen LogP contribution in [-0.4, -0.2) is 36.5 Å². The van der Waals surface area contributed by atoms with Gasteiger partial charge in [0, 0.05) is 37.8 Å². The fourth-order valence-corrected chi connectivity index (χ4v) is 3.59. The second kappa shape index (κ2) is 5.94. The number of fused-ring (bicyclic) bond motifs is 1. The fraction of sp³-hybridized carbons (Fsp3) is 0.562. The Morgan fingerprint density at radius 3 is 2.80 bits per heavy atom. The van der Waals surface area contributed by atoms with Crippen molar-refractivity contribution in [2.75, 3.05) is 25.0 Å². The molecule has 0 unspecified atom stereocenters. The van der Waals surface area contributed by atoms with Crippen molar-refractivity contribution in [2.24, 2.45) is 17.6 Å². The van der Waals surface area contributed by atoms with Crippen molar-refractivity contribution in [1.29, 1.82) is 0 Å². The third-order valence-electron chi connectivity index (χ3n) is 4.70. The number of likely N-dealkylation sites (tertiary alicyclic amines) is 1. The van der Waals surface area contributed by atoms with E-state index in [0.717, 1.165) is 31.2 Å². The molecule has 1 aliphatic heterocycles. The second-order valence-corrected chi connectivity index (χ2v) is 6.09. The number of amides is 1. The molecular weight excluding hydrogens is 250 g/mol. The zero-order valence-electron chi connectivity index (χ0n) is 11.8. The van der Waals surface area contributed by atoms with Gasteiger partial charge in [-0.25, -0.2) is 0 Å². The van der Waals surface area contributed by atoms with Crippen LogP contribution in [-0.2, 0) is 4.79 Å². The van der Waals surface area contributed by atoms with Gasteiger partial charge in [0.1, 0.15) is 0 Å². The number of carbonyl (C=O) groups is 1. The van der Waals surface area contributed by atoms with Gasteiger partial charge >= 0.3 is 0 Å². The van der Waals surface area contributed by atoms with E-state index in [1.165, 1.54) is 12.8 Å². The lowest BCUT2D eigenvalue weighted by Crippen LogP contribution is -2.31. The number of rotatable bonds is 4. The first-order valence-corrected chi connectivity index (χ1v) is 7.55. The largest absolute Gasteiger partial charge is 0.327 e. The summed E-state index contributed by atoms with van der Waals surface area (Å²) in [7, 11) is 0. The molecule has 20 heavy (non-hydrogen) atoms. The molecule has 1 saturated carbocycles. The van der Waals surface area contributed by atoms with Crippen molar-refractivity contribution >= 4 is 11.6 Å². The van der Waals surface area contributed by atoms with Gasteiger partial charge in [-0.2, -0.15) is 0 Å². The minimum Gasteiger partial charge on any atom is -0.327 e. The maximum absolute atomic E-state index is 11.9. The fourth-order valence-electron chi connectivity index (χ4n) is 3.59. The highest BCUT2D eigenvalue weighted by atomic mass is 16.1. The molecule has 1 saturated heterocycles. The van der Waals surface area contributed by atoms with Gasteiger partial charge in [0.25, 0.3) is 0 Å². The first-order valence-electron chi connectivity index (χ1n) is 7.55. The molecule has 1 aromatic rings. The molecule has 3 N–H and O–H groups in total. The quantitative estimate of drug-likeness (QED) is 0.877. The molecule has 1 heterocycles. The van der Waals surface area contributed by atoms with Crippen LogP contribution < -0.4 is 11.1 Å². The summed E-state index contributed by atoms with van der Waals surface area (Å²) in [6, 6.07) is 10.0. The van der Waals surface area contributed by atoms with E-state index < -0.39 is 0 Å². The summed E-state index contributed by atoms with van der Waals surface area (Å²) in [5.41, 5.74) is 7.01. The Labute approximate surface area is 120 Å². The van der Waals surface area contributed by atoms with Gasteiger partial charge in [0.2, 0.25) is 5.91 Å². The van der Waals surface area contributed by atoms with Gasteiger partial charge in [0.15, 0.2) is 0 Å². The first-order chi connectivity index (χ1) is 9.72. The van der Waals surface area contributed by atoms with Crippen molar-refractivity contribution in [3.8, 4) is 0 Å². The minimum atomic E-state index is 0.0950. The predicted molar refractivity (Wildman–Crippen MR) is 80.3 cm³/mol. The van der Waals surface area contributed by atoms with E-state index in [4.69, 9.17) is 5.73 Å². The molecule has 3 rings (SSSR count). The molecule has 1 aliphatic carbocycles. The number of nitrogens with zero attached hydrogens (tertiary/aromatic N) is 1. The molecule has 4 nitrogen and oxygen atoms in total. The zero-order valence-corrected chi connectivity index (χ0v) is 11.8. The maximum atomic E-state index is 11.9. The molecule has 0 bridgehead atoms. The number of para-hydroxylation sites is 1. The van der Waals surface area contributed by atoms with Crippen LogP contribution in [0, 0.1) is 11.8 Å². The molecule has 3 atom stereocenters.